The maximum Gasteiger partial charge on any atom is 0.334 e. The van der Waals surface area contributed by atoms with Crippen molar-refractivity contribution >= 4 is 39.0 Å². The van der Waals surface area contributed by atoms with E-state index in [4.69, 9.17) is 0 Å². The van der Waals surface area contributed by atoms with Crippen LogP contribution in [0, 0.1) is 12.9 Å². The van der Waals surface area contributed by atoms with Gasteiger partial charge in [-0.2, -0.15) is 17.9 Å². The van der Waals surface area contributed by atoms with E-state index in [2.05, 4.69) is 15.1 Å². The van der Waals surface area contributed by atoms with E-state index in [9.17, 15) is 17.6 Å². The first kappa shape index (κ1) is 22.0. The fourth-order valence-electron chi connectivity index (χ4n) is 4.42. The molecule has 1 saturated heterocycles. The van der Waals surface area contributed by atoms with E-state index in [0.29, 0.717) is 18.7 Å². The zero-order valence-electron chi connectivity index (χ0n) is 17.8. The normalized spacial score (nSPS) is 19.3. The van der Waals surface area contributed by atoms with Crippen LogP contribution in [0.3, 0.4) is 0 Å². The van der Waals surface area contributed by atoms with Gasteiger partial charge in [0.05, 0.1) is 17.9 Å². The molecule has 2 aromatic rings. The van der Waals surface area contributed by atoms with Gasteiger partial charge in [0.2, 0.25) is 5.95 Å². The molecule has 0 saturated carbocycles. The maximum atomic E-state index is 14.7. The largest absolute Gasteiger partial charge is 0.334 e. The van der Waals surface area contributed by atoms with Crippen molar-refractivity contribution in [2.75, 3.05) is 29.8 Å². The van der Waals surface area contributed by atoms with Crippen LogP contribution in [-0.4, -0.2) is 55.3 Å². The van der Waals surface area contributed by atoms with Crippen molar-refractivity contribution in [1.29, 1.82) is 0 Å². The third-order valence-electron chi connectivity index (χ3n) is 5.83. The van der Waals surface area contributed by atoms with E-state index in [0.717, 1.165) is 51.7 Å². The number of halogens is 1. The van der Waals surface area contributed by atoms with Gasteiger partial charge in [0.25, 0.3) is 0 Å². The maximum absolute atomic E-state index is 14.7. The molecule has 12 heteroatoms. The number of nitrogens with zero attached hydrogens (tertiary/aromatic N) is 4. The van der Waals surface area contributed by atoms with Crippen molar-refractivity contribution < 1.29 is 17.6 Å². The van der Waals surface area contributed by atoms with Gasteiger partial charge in [-0.05, 0) is 58.2 Å². The van der Waals surface area contributed by atoms with Gasteiger partial charge in [-0.3, -0.25) is 0 Å². The topological polar surface area (TPSA) is 99.6 Å². The van der Waals surface area contributed by atoms with Gasteiger partial charge in [-0.1, -0.05) is 0 Å². The van der Waals surface area contributed by atoms with Gasteiger partial charge < -0.3 is 10.2 Å². The number of likely N-dealkylation sites (tertiary alicyclic amines) is 1. The molecule has 0 aromatic carbocycles. The summed E-state index contributed by atoms with van der Waals surface area (Å²) >= 11 is 1.63. The molecule has 1 aliphatic heterocycles. The Labute approximate surface area is 185 Å². The minimum absolute atomic E-state index is 0.171. The first-order valence-corrected chi connectivity index (χ1v) is 12.5. The second-order valence-corrected chi connectivity index (χ2v) is 11.0. The summed E-state index contributed by atoms with van der Waals surface area (Å²) in [6, 6.07) is -1.37. The van der Waals surface area contributed by atoms with Crippen LogP contribution in [0.5, 0.6) is 0 Å². The SMILES string of the molecule is Cc1sc2c(c1NC(=O)NS(=O)(=O)N(c1cnn(C)c1F)C1CCCN(C)C1)CCC2. The lowest BCUT2D eigenvalue weighted by Crippen LogP contribution is -2.54. The van der Waals surface area contributed by atoms with Crippen molar-refractivity contribution in [3.8, 4) is 0 Å². The number of thiophene rings is 1. The van der Waals surface area contributed by atoms with Crippen molar-refractivity contribution in [1.82, 2.24) is 19.4 Å². The number of fused-ring (bicyclic) bond motifs is 1. The average Bonchev–Trinajstić information content (AvgIpc) is 3.34. The highest BCUT2D eigenvalue weighted by Crippen LogP contribution is 2.38. The molecular formula is C19H27FN6O3S2. The molecule has 0 spiro atoms. The second-order valence-electron chi connectivity index (χ2n) is 8.15. The number of aryl methyl sites for hydroxylation is 3. The number of nitrogens with one attached hydrogen (secondary N) is 2. The Morgan fingerprint density at radius 3 is 2.77 bits per heavy atom. The van der Waals surface area contributed by atoms with Crippen LogP contribution in [-0.2, 0) is 30.1 Å². The zero-order valence-corrected chi connectivity index (χ0v) is 19.4. The molecule has 0 bridgehead atoms. The van der Waals surface area contributed by atoms with Crippen LogP contribution in [0.25, 0.3) is 0 Å². The molecule has 3 heterocycles. The first-order valence-electron chi connectivity index (χ1n) is 10.3. The van der Waals surface area contributed by atoms with Crippen molar-refractivity contribution in [2.45, 2.75) is 45.1 Å². The summed E-state index contributed by atoms with van der Waals surface area (Å²) in [6.45, 7) is 3.16. The number of hydrogen-bond acceptors (Lipinski definition) is 6. The smallest absolute Gasteiger partial charge is 0.306 e. The van der Waals surface area contributed by atoms with E-state index in [1.807, 2.05) is 18.9 Å². The van der Waals surface area contributed by atoms with Gasteiger partial charge in [-0.25, -0.2) is 18.5 Å². The molecule has 1 atom stereocenters. The van der Waals surface area contributed by atoms with Crippen molar-refractivity contribution in [2.24, 2.45) is 7.05 Å². The zero-order chi connectivity index (χ0) is 22.3. The predicted octanol–water partition coefficient (Wildman–Crippen LogP) is 2.38. The molecule has 9 nitrogen and oxygen atoms in total. The fraction of sp³-hybridized carbons (Fsp3) is 0.579. The Morgan fingerprint density at radius 1 is 1.32 bits per heavy atom. The minimum atomic E-state index is -4.38. The van der Waals surface area contributed by atoms with Crippen molar-refractivity contribution in [3.63, 3.8) is 0 Å². The Bertz CT molecular complexity index is 1100. The van der Waals surface area contributed by atoms with Crippen molar-refractivity contribution in [3.05, 3.63) is 27.5 Å². The molecule has 31 heavy (non-hydrogen) atoms. The standard InChI is InChI=1S/C19H27FN6O3S2/c1-12-17(14-7-4-8-16(14)30-12)22-19(27)23-31(28,29)26(13-6-5-9-24(2)11-13)15-10-21-25(3)18(15)20/h10,13H,4-9,11H2,1-3H3,(H2,22,23,27). The quantitative estimate of drug-likeness (QED) is 0.699. The monoisotopic (exact) mass is 470 g/mol. The number of amides is 2. The molecule has 4 rings (SSSR count). The number of urea groups is 1. The van der Waals surface area contributed by atoms with E-state index >= 15 is 0 Å². The Kier molecular flexibility index (Phi) is 5.97. The van der Waals surface area contributed by atoms with Crippen LogP contribution in [0.1, 0.15) is 34.6 Å². The molecule has 2 aromatic heterocycles. The van der Waals surface area contributed by atoms with E-state index in [-0.39, 0.29) is 5.69 Å². The summed E-state index contributed by atoms with van der Waals surface area (Å²) < 4.78 is 45.3. The molecule has 0 radical (unpaired) electrons. The number of carbonyl (C=O) groups excluding carboxylic acids is 1. The van der Waals surface area contributed by atoms with Gasteiger partial charge in [0.1, 0.15) is 5.69 Å². The fourth-order valence-corrected chi connectivity index (χ4v) is 6.97. The lowest BCUT2D eigenvalue weighted by Gasteiger charge is -2.37. The minimum Gasteiger partial charge on any atom is -0.306 e. The van der Waals surface area contributed by atoms with E-state index in [1.54, 1.807) is 11.3 Å². The lowest BCUT2D eigenvalue weighted by atomic mass is 10.1. The molecule has 1 fully saturated rings. The predicted molar refractivity (Wildman–Crippen MR) is 118 cm³/mol. The molecule has 1 aliphatic carbocycles. The van der Waals surface area contributed by atoms with Gasteiger partial charge >= 0.3 is 16.2 Å². The van der Waals surface area contributed by atoms with Crippen LogP contribution in [0.2, 0.25) is 0 Å². The lowest BCUT2D eigenvalue weighted by molar-refractivity contribution is 0.251. The highest BCUT2D eigenvalue weighted by molar-refractivity contribution is 7.91. The van der Waals surface area contributed by atoms with Gasteiger partial charge in [0, 0.05) is 23.3 Å². The van der Waals surface area contributed by atoms with E-state index in [1.165, 1.54) is 18.1 Å². The molecule has 1 unspecified atom stereocenters. The van der Waals surface area contributed by atoms with Crippen LogP contribution < -0.4 is 14.3 Å². The molecular weight excluding hydrogens is 443 g/mol. The number of carbonyl (C=O) groups is 1. The number of hydrogen-bond donors (Lipinski definition) is 2. The van der Waals surface area contributed by atoms with Gasteiger partial charge in [0.15, 0.2) is 0 Å². The molecule has 2 aliphatic rings. The number of aromatic nitrogens is 2. The van der Waals surface area contributed by atoms with Gasteiger partial charge in [-0.15, -0.1) is 11.3 Å². The Balaban J connectivity index is 1.60. The summed E-state index contributed by atoms with van der Waals surface area (Å²) in [5.41, 5.74) is 1.59. The molecule has 170 valence electrons. The number of anilines is 2. The summed E-state index contributed by atoms with van der Waals surface area (Å²) in [6.07, 6.45) is 5.37. The summed E-state index contributed by atoms with van der Waals surface area (Å²) in [5.74, 6) is -0.773. The van der Waals surface area contributed by atoms with E-state index < -0.39 is 28.2 Å². The first-order chi connectivity index (χ1) is 14.7. The third kappa shape index (κ3) is 4.28. The summed E-state index contributed by atoms with van der Waals surface area (Å²) in [7, 11) is -1.10. The average molecular weight is 471 g/mol. The highest BCUT2D eigenvalue weighted by Gasteiger charge is 2.37. The van der Waals surface area contributed by atoms with Crippen LogP contribution in [0.15, 0.2) is 6.20 Å². The Hall–Kier alpha value is -2.18. The molecule has 2 N–H and O–H groups in total. The summed E-state index contributed by atoms with van der Waals surface area (Å²) in [5, 5.41) is 6.56. The summed E-state index contributed by atoms with van der Waals surface area (Å²) in [4.78, 5) is 16.9. The number of likely N-dealkylation sites (N-methyl/N-ethyl adjacent to an activating group) is 1. The number of piperidine rings is 1. The Morgan fingerprint density at radius 2 is 2.10 bits per heavy atom. The second kappa shape index (κ2) is 8.40. The number of rotatable bonds is 5. The third-order valence-corrected chi connectivity index (χ3v) is 8.50. The van der Waals surface area contributed by atoms with Crippen LogP contribution >= 0.6 is 11.3 Å². The van der Waals surface area contributed by atoms with Crippen LogP contribution in [0.4, 0.5) is 20.6 Å². The molecule has 2 amide bonds. The highest BCUT2D eigenvalue weighted by atomic mass is 32.2.